The van der Waals surface area contributed by atoms with Crippen molar-refractivity contribution >= 4 is 32.6 Å². The lowest BCUT2D eigenvalue weighted by atomic mass is 10.1. The summed E-state index contributed by atoms with van der Waals surface area (Å²) in [5.41, 5.74) is 2.25. The summed E-state index contributed by atoms with van der Waals surface area (Å²) in [5, 5.41) is 8.25. The summed E-state index contributed by atoms with van der Waals surface area (Å²) in [5.74, 6) is 0.540. The van der Waals surface area contributed by atoms with Gasteiger partial charge in [-0.25, -0.2) is 4.68 Å². The molecule has 1 aliphatic rings. The minimum Gasteiger partial charge on any atom is -0.493 e. The molecule has 4 rings (SSSR count). The zero-order valence-electron chi connectivity index (χ0n) is 17.0. The zero-order chi connectivity index (χ0) is 21.4. The summed E-state index contributed by atoms with van der Waals surface area (Å²) in [6.07, 6.45) is 1.72. The lowest BCUT2D eigenvalue weighted by Gasteiger charge is -2.16. The molecule has 8 heteroatoms. The van der Waals surface area contributed by atoms with E-state index in [9.17, 15) is 9.59 Å². The number of nitrogens with one attached hydrogen (secondary N) is 1. The molecule has 1 heterocycles. The van der Waals surface area contributed by atoms with E-state index in [4.69, 9.17) is 9.47 Å². The van der Waals surface area contributed by atoms with Gasteiger partial charge >= 0.3 is 0 Å². The van der Waals surface area contributed by atoms with E-state index in [0.29, 0.717) is 28.8 Å². The third-order valence-electron chi connectivity index (χ3n) is 5.47. The number of fused-ring (bicyclic) bond motifs is 2. The van der Waals surface area contributed by atoms with E-state index >= 15 is 0 Å². The number of carbonyl (C=O) groups is 1. The third-order valence-corrected chi connectivity index (χ3v) is 5.96. The van der Waals surface area contributed by atoms with Gasteiger partial charge in [-0.3, -0.25) is 9.59 Å². The molecule has 0 bridgehead atoms. The van der Waals surface area contributed by atoms with Crippen LogP contribution in [0.2, 0.25) is 0 Å². The molecule has 0 saturated heterocycles. The number of halogens is 1. The lowest BCUT2D eigenvalue weighted by molar-refractivity contribution is 0.0931. The topological polar surface area (TPSA) is 82.5 Å². The van der Waals surface area contributed by atoms with Gasteiger partial charge in [0.25, 0.3) is 11.5 Å². The maximum atomic E-state index is 13.3. The number of benzene rings is 2. The predicted octanol–water partition coefficient (Wildman–Crippen LogP) is 3.61. The molecule has 3 aromatic rings. The van der Waals surface area contributed by atoms with Crippen LogP contribution < -0.4 is 20.3 Å². The van der Waals surface area contributed by atoms with Crippen LogP contribution in [0.4, 0.5) is 0 Å². The van der Waals surface area contributed by atoms with Crippen LogP contribution in [0.1, 0.15) is 41.0 Å². The highest BCUT2D eigenvalue weighted by Crippen LogP contribution is 2.34. The van der Waals surface area contributed by atoms with Gasteiger partial charge in [-0.1, -0.05) is 22.0 Å². The largest absolute Gasteiger partial charge is 0.493 e. The number of aryl methyl sites for hydroxylation is 2. The quantitative estimate of drug-likeness (QED) is 0.614. The van der Waals surface area contributed by atoms with Crippen LogP contribution in [-0.4, -0.2) is 29.9 Å². The van der Waals surface area contributed by atoms with Gasteiger partial charge in [0.15, 0.2) is 17.2 Å². The Kier molecular flexibility index (Phi) is 5.51. The van der Waals surface area contributed by atoms with Gasteiger partial charge in [0, 0.05) is 16.4 Å². The number of rotatable bonds is 5. The first-order chi connectivity index (χ1) is 14.5. The smallest absolute Gasteiger partial charge is 0.274 e. The fourth-order valence-electron chi connectivity index (χ4n) is 3.96. The Morgan fingerprint density at radius 3 is 2.57 bits per heavy atom. The fraction of sp³-hybridized carbons (Fsp3) is 0.318. The van der Waals surface area contributed by atoms with Crippen molar-refractivity contribution in [1.29, 1.82) is 0 Å². The maximum absolute atomic E-state index is 13.3. The molecule has 1 N–H and O–H groups in total. The van der Waals surface area contributed by atoms with Crippen LogP contribution >= 0.6 is 15.9 Å². The number of carbonyl (C=O) groups excluding carboxylic acids is 1. The van der Waals surface area contributed by atoms with Crippen molar-refractivity contribution in [2.75, 3.05) is 14.2 Å². The number of amides is 1. The van der Waals surface area contributed by atoms with Crippen molar-refractivity contribution in [1.82, 2.24) is 15.1 Å². The van der Waals surface area contributed by atoms with Gasteiger partial charge in [0.1, 0.15) is 0 Å². The van der Waals surface area contributed by atoms with E-state index < -0.39 is 0 Å². The maximum Gasteiger partial charge on any atom is 0.274 e. The third kappa shape index (κ3) is 3.45. The minimum absolute atomic E-state index is 0.0976. The lowest BCUT2D eigenvalue weighted by Crippen LogP contribution is -2.32. The van der Waals surface area contributed by atoms with Gasteiger partial charge < -0.3 is 14.8 Å². The molecule has 156 valence electrons. The summed E-state index contributed by atoms with van der Waals surface area (Å²) in [6.45, 7) is 2.16. The van der Waals surface area contributed by atoms with Gasteiger partial charge in [-0.05, 0) is 55.2 Å². The number of ether oxygens (including phenoxy) is 2. The first-order valence-corrected chi connectivity index (χ1v) is 10.5. The van der Waals surface area contributed by atoms with Gasteiger partial charge in [-0.2, -0.15) is 5.10 Å². The molecular weight excluding hydrogens is 450 g/mol. The number of methoxy groups -OCH3 is 2. The van der Waals surface area contributed by atoms with Crippen LogP contribution in [-0.2, 0) is 13.0 Å². The molecule has 1 atom stereocenters. The standard InChI is InChI=1S/C22H22BrN3O4/c1-4-26-22(28)16-11-19(30-3)18(29-2)10-15(16)20(25-26)21(27)24-17-8-5-12-9-13(23)6-7-14(12)17/h6-7,9-11,17H,4-5,8H2,1-3H3,(H,24,27). The summed E-state index contributed by atoms with van der Waals surface area (Å²) < 4.78 is 13.0. The van der Waals surface area contributed by atoms with Crippen LogP contribution in [0, 0.1) is 0 Å². The fourth-order valence-corrected chi connectivity index (χ4v) is 4.36. The Morgan fingerprint density at radius 1 is 1.20 bits per heavy atom. The summed E-state index contributed by atoms with van der Waals surface area (Å²) in [7, 11) is 3.02. The normalized spacial score (nSPS) is 15.1. The molecule has 0 saturated carbocycles. The molecule has 1 amide bonds. The van der Waals surface area contributed by atoms with Crippen molar-refractivity contribution in [3.05, 3.63) is 62.0 Å². The summed E-state index contributed by atoms with van der Waals surface area (Å²) in [4.78, 5) is 26.1. The predicted molar refractivity (Wildman–Crippen MR) is 117 cm³/mol. The van der Waals surface area contributed by atoms with E-state index in [0.717, 1.165) is 22.9 Å². The average Bonchev–Trinajstić information content (AvgIpc) is 3.14. The van der Waals surface area contributed by atoms with Crippen LogP contribution in [0.15, 0.2) is 39.6 Å². The molecule has 0 radical (unpaired) electrons. The molecule has 2 aromatic carbocycles. The highest BCUT2D eigenvalue weighted by Gasteiger charge is 2.27. The summed E-state index contributed by atoms with van der Waals surface area (Å²) in [6, 6.07) is 9.24. The van der Waals surface area contributed by atoms with Crippen molar-refractivity contribution in [2.24, 2.45) is 0 Å². The van der Waals surface area contributed by atoms with Crippen LogP contribution in [0.25, 0.3) is 10.8 Å². The Morgan fingerprint density at radius 2 is 1.90 bits per heavy atom. The molecule has 1 unspecified atom stereocenters. The first kappa shape index (κ1) is 20.4. The van der Waals surface area contributed by atoms with Crippen molar-refractivity contribution in [2.45, 2.75) is 32.4 Å². The second-order valence-electron chi connectivity index (χ2n) is 7.13. The molecule has 1 aromatic heterocycles. The number of hydrogen-bond donors (Lipinski definition) is 1. The number of aromatic nitrogens is 2. The summed E-state index contributed by atoms with van der Waals surface area (Å²) >= 11 is 3.50. The Bertz CT molecular complexity index is 1210. The highest BCUT2D eigenvalue weighted by atomic mass is 79.9. The van der Waals surface area contributed by atoms with Crippen molar-refractivity contribution < 1.29 is 14.3 Å². The van der Waals surface area contributed by atoms with Crippen molar-refractivity contribution in [3.8, 4) is 11.5 Å². The molecule has 30 heavy (non-hydrogen) atoms. The van der Waals surface area contributed by atoms with E-state index in [1.165, 1.54) is 24.5 Å². The molecule has 1 aliphatic carbocycles. The molecule has 0 aliphatic heterocycles. The van der Waals surface area contributed by atoms with Crippen LogP contribution in [0.5, 0.6) is 11.5 Å². The number of nitrogens with zero attached hydrogens (tertiary/aromatic N) is 2. The Labute approximate surface area is 182 Å². The van der Waals surface area contributed by atoms with Crippen LogP contribution in [0.3, 0.4) is 0 Å². The Balaban J connectivity index is 1.79. The molecule has 7 nitrogen and oxygen atoms in total. The second kappa shape index (κ2) is 8.10. The van der Waals surface area contributed by atoms with E-state index in [-0.39, 0.29) is 23.2 Å². The first-order valence-electron chi connectivity index (χ1n) is 9.72. The van der Waals surface area contributed by atoms with Gasteiger partial charge in [0.05, 0.1) is 25.6 Å². The SMILES string of the molecule is CCn1nc(C(=O)NC2CCc3cc(Br)ccc32)c2cc(OC)c(OC)cc2c1=O. The highest BCUT2D eigenvalue weighted by molar-refractivity contribution is 9.10. The molecule has 0 fully saturated rings. The zero-order valence-corrected chi connectivity index (χ0v) is 18.6. The second-order valence-corrected chi connectivity index (χ2v) is 8.05. The number of hydrogen-bond acceptors (Lipinski definition) is 5. The van der Waals surface area contributed by atoms with E-state index in [1.807, 2.05) is 19.1 Å². The average molecular weight is 472 g/mol. The van der Waals surface area contributed by atoms with E-state index in [1.54, 1.807) is 12.1 Å². The molecular formula is C22H22BrN3O4. The minimum atomic E-state index is -0.324. The molecule has 0 spiro atoms. The van der Waals surface area contributed by atoms with E-state index in [2.05, 4.69) is 32.4 Å². The van der Waals surface area contributed by atoms with Gasteiger partial charge in [0.2, 0.25) is 0 Å². The van der Waals surface area contributed by atoms with Gasteiger partial charge in [-0.15, -0.1) is 0 Å². The monoisotopic (exact) mass is 471 g/mol. The Hall–Kier alpha value is -2.87. The van der Waals surface area contributed by atoms with Crippen molar-refractivity contribution in [3.63, 3.8) is 0 Å².